The lowest BCUT2D eigenvalue weighted by molar-refractivity contribution is 0.0883. The van der Waals surface area contributed by atoms with E-state index in [0.717, 1.165) is 42.8 Å². The average Bonchev–Trinajstić information content (AvgIpc) is 2.80. The Kier molecular flexibility index (Phi) is 6.58. The van der Waals surface area contributed by atoms with Crippen LogP contribution in [0.5, 0.6) is 0 Å². The first-order valence-electron chi connectivity index (χ1n) is 10.9. The molecule has 0 saturated carbocycles. The molecule has 1 fully saturated rings. The van der Waals surface area contributed by atoms with E-state index < -0.39 is 11.5 Å². The first-order chi connectivity index (χ1) is 15.4. The van der Waals surface area contributed by atoms with Gasteiger partial charge in [-0.15, -0.1) is 0 Å². The highest BCUT2D eigenvalue weighted by molar-refractivity contribution is 5.96. The molecule has 1 unspecified atom stereocenters. The van der Waals surface area contributed by atoms with Crippen LogP contribution in [0.15, 0.2) is 63.8 Å². The Morgan fingerprint density at radius 2 is 1.75 bits per heavy atom. The summed E-state index contributed by atoms with van der Waals surface area (Å²) in [5.41, 5.74) is 2.16. The first-order valence-corrected chi connectivity index (χ1v) is 10.9. The van der Waals surface area contributed by atoms with Gasteiger partial charge in [-0.1, -0.05) is 30.3 Å². The van der Waals surface area contributed by atoms with E-state index in [4.69, 9.17) is 4.42 Å². The van der Waals surface area contributed by atoms with Crippen LogP contribution in [0.4, 0.5) is 5.69 Å². The van der Waals surface area contributed by atoms with Gasteiger partial charge in [0, 0.05) is 57.9 Å². The van der Waals surface area contributed by atoms with E-state index in [1.807, 2.05) is 26.2 Å². The van der Waals surface area contributed by atoms with E-state index in [0.29, 0.717) is 12.1 Å². The summed E-state index contributed by atoms with van der Waals surface area (Å²) in [6, 6.07) is 17.3. The van der Waals surface area contributed by atoms with E-state index in [1.54, 1.807) is 18.2 Å². The molecule has 1 aliphatic rings. The molecule has 1 aromatic heterocycles. The van der Waals surface area contributed by atoms with Gasteiger partial charge in [0.15, 0.2) is 0 Å². The third kappa shape index (κ3) is 4.84. The third-order valence-corrected chi connectivity index (χ3v) is 6.11. The minimum atomic E-state index is -0.618. The Hall–Kier alpha value is -3.16. The zero-order valence-corrected chi connectivity index (χ0v) is 18.9. The Bertz CT molecular complexity index is 1130. The number of hydrogen-bond donors (Lipinski definition) is 1. The summed E-state index contributed by atoms with van der Waals surface area (Å²) < 4.78 is 5.33. The molecule has 1 amide bonds. The molecule has 1 aliphatic heterocycles. The number of amides is 1. The molecule has 0 spiro atoms. The van der Waals surface area contributed by atoms with Crippen LogP contribution in [-0.2, 0) is 0 Å². The zero-order valence-electron chi connectivity index (χ0n) is 18.9. The smallest absolute Gasteiger partial charge is 0.349 e. The van der Waals surface area contributed by atoms with Gasteiger partial charge in [0.25, 0.3) is 5.91 Å². The fourth-order valence-electron chi connectivity index (χ4n) is 4.09. The molecule has 168 valence electrons. The molecule has 2 aromatic carbocycles. The number of nitrogens with zero attached hydrogens (tertiary/aromatic N) is 3. The molecule has 0 bridgehead atoms. The fourth-order valence-corrected chi connectivity index (χ4v) is 4.09. The highest BCUT2D eigenvalue weighted by Gasteiger charge is 2.25. The number of fused-ring (bicyclic) bond motifs is 1. The normalized spacial score (nSPS) is 16.1. The van der Waals surface area contributed by atoms with Gasteiger partial charge < -0.3 is 19.5 Å². The molecule has 0 radical (unpaired) electrons. The van der Waals surface area contributed by atoms with Crippen molar-refractivity contribution in [3.05, 3.63) is 76.1 Å². The second kappa shape index (κ2) is 9.54. The van der Waals surface area contributed by atoms with Gasteiger partial charge in [0.2, 0.25) is 0 Å². The number of anilines is 1. The fraction of sp³-hybridized carbons (Fsp3) is 0.360. The van der Waals surface area contributed by atoms with Crippen molar-refractivity contribution >= 4 is 22.6 Å². The summed E-state index contributed by atoms with van der Waals surface area (Å²) in [7, 11) is 6.16. The van der Waals surface area contributed by atoms with E-state index in [-0.39, 0.29) is 11.6 Å². The van der Waals surface area contributed by atoms with Gasteiger partial charge in [-0.05, 0) is 36.9 Å². The largest absolute Gasteiger partial charge is 0.422 e. The van der Waals surface area contributed by atoms with Crippen molar-refractivity contribution in [1.29, 1.82) is 0 Å². The maximum Gasteiger partial charge on any atom is 0.349 e. The summed E-state index contributed by atoms with van der Waals surface area (Å²) >= 11 is 0. The van der Waals surface area contributed by atoms with Crippen molar-refractivity contribution in [2.24, 2.45) is 0 Å². The number of likely N-dealkylation sites (N-methyl/N-ethyl adjacent to an activating group) is 1. The molecule has 1 N–H and O–H groups in total. The van der Waals surface area contributed by atoms with Gasteiger partial charge in [-0.2, -0.15) is 0 Å². The third-order valence-electron chi connectivity index (χ3n) is 6.11. The predicted molar refractivity (Wildman–Crippen MR) is 127 cm³/mol. The topological polar surface area (TPSA) is 69.0 Å². The summed E-state index contributed by atoms with van der Waals surface area (Å²) in [5, 5.41) is 3.71. The van der Waals surface area contributed by atoms with Crippen LogP contribution in [0.2, 0.25) is 0 Å². The van der Waals surface area contributed by atoms with E-state index in [9.17, 15) is 9.59 Å². The minimum Gasteiger partial charge on any atom is -0.422 e. The maximum absolute atomic E-state index is 12.9. The maximum atomic E-state index is 12.9. The predicted octanol–water partition coefficient (Wildman–Crippen LogP) is 2.58. The van der Waals surface area contributed by atoms with Crippen molar-refractivity contribution in [3.63, 3.8) is 0 Å². The Morgan fingerprint density at radius 1 is 1.06 bits per heavy atom. The van der Waals surface area contributed by atoms with Crippen molar-refractivity contribution in [2.75, 3.05) is 58.8 Å². The van der Waals surface area contributed by atoms with Crippen LogP contribution in [0.1, 0.15) is 22.0 Å². The SMILES string of the molecule is CN1CCN(C(CNC(=O)c2cc3ccccc3oc2=O)c2ccc(N(C)C)cc2)CC1. The number of carbonyl (C=O) groups excluding carboxylic acids is 1. The van der Waals surface area contributed by atoms with Crippen molar-refractivity contribution in [3.8, 4) is 0 Å². The number of benzene rings is 2. The van der Waals surface area contributed by atoms with Crippen LogP contribution >= 0.6 is 0 Å². The van der Waals surface area contributed by atoms with Crippen LogP contribution in [-0.4, -0.2) is 69.6 Å². The second-order valence-corrected chi connectivity index (χ2v) is 8.54. The number of hydrogen-bond acceptors (Lipinski definition) is 6. The van der Waals surface area contributed by atoms with Gasteiger partial charge >= 0.3 is 5.63 Å². The van der Waals surface area contributed by atoms with Gasteiger partial charge in [-0.25, -0.2) is 4.79 Å². The van der Waals surface area contributed by atoms with Crippen molar-refractivity contribution in [2.45, 2.75) is 6.04 Å². The Balaban J connectivity index is 1.55. The highest BCUT2D eigenvalue weighted by atomic mass is 16.4. The number of rotatable bonds is 6. The standard InChI is InChI=1S/C25H30N4O3/c1-27(2)20-10-8-18(9-11-20)22(29-14-12-28(3)13-15-29)17-26-24(30)21-16-19-6-4-5-7-23(19)32-25(21)31/h4-11,16,22H,12-15,17H2,1-3H3,(H,26,30). The van der Waals surface area contributed by atoms with Gasteiger partial charge in [-0.3, -0.25) is 9.69 Å². The van der Waals surface area contributed by atoms with Crippen molar-refractivity contribution in [1.82, 2.24) is 15.1 Å². The molecule has 1 saturated heterocycles. The van der Waals surface area contributed by atoms with Crippen LogP contribution in [0.25, 0.3) is 11.0 Å². The molecule has 32 heavy (non-hydrogen) atoms. The Labute approximate surface area is 188 Å². The minimum absolute atomic E-state index is 0.0244. The molecule has 4 rings (SSSR count). The summed E-state index contributed by atoms with van der Waals surface area (Å²) in [5.74, 6) is -0.409. The number of para-hydroxylation sites is 1. The number of nitrogens with one attached hydrogen (secondary N) is 1. The monoisotopic (exact) mass is 434 g/mol. The quantitative estimate of drug-likeness (QED) is 0.602. The molecule has 7 heteroatoms. The lowest BCUT2D eigenvalue weighted by Gasteiger charge is -2.38. The van der Waals surface area contributed by atoms with E-state index in [2.05, 4.69) is 51.3 Å². The molecule has 2 heterocycles. The van der Waals surface area contributed by atoms with Crippen LogP contribution in [0.3, 0.4) is 0 Å². The number of piperazine rings is 1. The summed E-state index contributed by atoms with van der Waals surface area (Å²) in [6.07, 6.45) is 0. The molecule has 1 atom stereocenters. The molecule has 7 nitrogen and oxygen atoms in total. The Morgan fingerprint density at radius 3 is 2.44 bits per heavy atom. The zero-order chi connectivity index (χ0) is 22.7. The van der Waals surface area contributed by atoms with Gasteiger partial charge in [0.1, 0.15) is 11.1 Å². The van der Waals surface area contributed by atoms with E-state index in [1.165, 1.54) is 0 Å². The summed E-state index contributed by atoms with van der Waals surface area (Å²) in [6.45, 7) is 4.22. The van der Waals surface area contributed by atoms with Gasteiger partial charge in [0.05, 0.1) is 6.04 Å². The molecular weight excluding hydrogens is 404 g/mol. The molecule has 3 aromatic rings. The number of carbonyl (C=O) groups is 1. The summed E-state index contributed by atoms with van der Waals surface area (Å²) in [4.78, 5) is 32.1. The van der Waals surface area contributed by atoms with E-state index >= 15 is 0 Å². The second-order valence-electron chi connectivity index (χ2n) is 8.54. The lowest BCUT2D eigenvalue weighted by Crippen LogP contribution is -2.48. The highest BCUT2D eigenvalue weighted by Crippen LogP contribution is 2.24. The average molecular weight is 435 g/mol. The first kappa shape index (κ1) is 22.0. The lowest BCUT2D eigenvalue weighted by atomic mass is 10.0. The molecule has 0 aliphatic carbocycles. The molecular formula is C25H30N4O3. The van der Waals surface area contributed by atoms with Crippen LogP contribution < -0.4 is 15.8 Å². The van der Waals surface area contributed by atoms with Crippen LogP contribution in [0, 0.1) is 0 Å². The van der Waals surface area contributed by atoms with Crippen molar-refractivity contribution < 1.29 is 9.21 Å².